The van der Waals surface area contributed by atoms with Gasteiger partial charge in [0, 0.05) is 18.2 Å². The molecular weight excluding hydrogens is 276 g/mol. The van der Waals surface area contributed by atoms with Gasteiger partial charge in [-0.2, -0.15) is 0 Å². The molecule has 0 spiro atoms. The number of hydrogen-bond donors (Lipinski definition) is 1. The number of non-ortho nitro benzene ring substituents is 1. The third kappa shape index (κ3) is 3.85. The summed E-state index contributed by atoms with van der Waals surface area (Å²) in [6.45, 7) is 4.60. The second-order valence-corrected chi connectivity index (χ2v) is 6.76. The molecule has 1 aliphatic carbocycles. The second-order valence-electron chi connectivity index (χ2n) is 6.36. The van der Waals surface area contributed by atoms with Crippen LogP contribution < -0.4 is 5.32 Å². The number of nitro groups is 1. The first kappa shape index (κ1) is 15.1. The largest absolute Gasteiger partial charge is 0.381 e. The number of nitrogens with one attached hydrogen (secondary N) is 1. The molecule has 1 atom stereocenters. The van der Waals surface area contributed by atoms with Gasteiger partial charge >= 0.3 is 0 Å². The van der Waals surface area contributed by atoms with Crippen molar-refractivity contribution in [2.24, 2.45) is 5.41 Å². The monoisotopic (exact) mass is 296 g/mol. The summed E-state index contributed by atoms with van der Waals surface area (Å²) in [5.41, 5.74) is 1.14. The Morgan fingerprint density at radius 1 is 1.35 bits per heavy atom. The molecule has 0 aromatic heterocycles. The van der Waals surface area contributed by atoms with E-state index in [-0.39, 0.29) is 5.69 Å². The fourth-order valence-corrected chi connectivity index (χ4v) is 2.94. The Bertz CT molecular complexity index is 503. The van der Waals surface area contributed by atoms with E-state index in [0.29, 0.717) is 22.2 Å². The molecular formula is C15H21ClN2O2. The molecule has 0 saturated heterocycles. The minimum absolute atomic E-state index is 0.0749. The first-order valence-corrected chi connectivity index (χ1v) is 7.46. The highest BCUT2D eigenvalue weighted by atomic mass is 35.5. The molecule has 1 saturated carbocycles. The van der Waals surface area contributed by atoms with Gasteiger partial charge in [0.25, 0.3) is 5.69 Å². The van der Waals surface area contributed by atoms with Crippen molar-refractivity contribution >= 4 is 23.0 Å². The molecule has 1 unspecified atom stereocenters. The molecule has 110 valence electrons. The molecule has 0 radical (unpaired) electrons. The Balaban J connectivity index is 2.09. The zero-order valence-corrected chi connectivity index (χ0v) is 12.7. The van der Waals surface area contributed by atoms with Crippen LogP contribution in [0.4, 0.5) is 11.4 Å². The summed E-state index contributed by atoms with van der Waals surface area (Å²) in [5.74, 6) is 0. The SMILES string of the molecule is CC1(C)CCCC(Nc2cc([N+](=O)[O-])ccc2Cl)CC1. The van der Waals surface area contributed by atoms with Gasteiger partial charge in [-0.1, -0.05) is 31.9 Å². The van der Waals surface area contributed by atoms with Crippen molar-refractivity contribution in [3.63, 3.8) is 0 Å². The second kappa shape index (κ2) is 6.00. The number of halogens is 1. The predicted molar refractivity (Wildman–Crippen MR) is 82.4 cm³/mol. The number of rotatable bonds is 3. The van der Waals surface area contributed by atoms with E-state index in [9.17, 15) is 10.1 Å². The van der Waals surface area contributed by atoms with Crippen LogP contribution in [0.25, 0.3) is 0 Å². The molecule has 2 rings (SSSR count). The maximum absolute atomic E-state index is 10.8. The van der Waals surface area contributed by atoms with Crippen LogP contribution in [0.1, 0.15) is 46.0 Å². The Morgan fingerprint density at radius 2 is 2.10 bits per heavy atom. The summed E-state index contributed by atoms with van der Waals surface area (Å²) < 4.78 is 0. The minimum atomic E-state index is -0.391. The van der Waals surface area contributed by atoms with Crippen molar-refractivity contribution in [2.75, 3.05) is 5.32 Å². The number of anilines is 1. The van der Waals surface area contributed by atoms with Gasteiger partial charge in [0.05, 0.1) is 15.6 Å². The Kier molecular flexibility index (Phi) is 4.53. The van der Waals surface area contributed by atoms with E-state index in [0.717, 1.165) is 19.3 Å². The third-order valence-electron chi connectivity index (χ3n) is 4.10. The van der Waals surface area contributed by atoms with Gasteiger partial charge in [0.1, 0.15) is 0 Å². The molecule has 0 bridgehead atoms. The maximum Gasteiger partial charge on any atom is 0.271 e. The van der Waals surface area contributed by atoms with Gasteiger partial charge in [-0.05, 0) is 37.2 Å². The van der Waals surface area contributed by atoms with Crippen LogP contribution in [0.2, 0.25) is 5.02 Å². The Hall–Kier alpha value is -1.29. The van der Waals surface area contributed by atoms with Crippen molar-refractivity contribution in [3.05, 3.63) is 33.3 Å². The molecule has 1 aliphatic rings. The highest BCUT2D eigenvalue weighted by Crippen LogP contribution is 2.36. The van der Waals surface area contributed by atoms with Crippen LogP contribution in [0, 0.1) is 15.5 Å². The summed E-state index contributed by atoms with van der Waals surface area (Å²) in [4.78, 5) is 10.4. The van der Waals surface area contributed by atoms with Crippen LogP contribution >= 0.6 is 11.6 Å². The number of nitrogens with zero attached hydrogens (tertiary/aromatic N) is 1. The van der Waals surface area contributed by atoms with E-state index in [1.54, 1.807) is 6.07 Å². The van der Waals surface area contributed by atoms with Crippen molar-refractivity contribution in [1.82, 2.24) is 0 Å². The zero-order chi connectivity index (χ0) is 14.8. The standard InChI is InChI=1S/C15H21ClN2O2/c1-15(2)8-3-4-11(7-9-15)17-14-10-12(18(19)20)5-6-13(14)16/h5-6,10-11,17H,3-4,7-9H2,1-2H3. The molecule has 0 amide bonds. The molecule has 1 aromatic rings. The molecule has 0 heterocycles. The van der Waals surface area contributed by atoms with E-state index in [4.69, 9.17) is 11.6 Å². The van der Waals surface area contributed by atoms with Crippen molar-refractivity contribution < 1.29 is 4.92 Å². The lowest BCUT2D eigenvalue weighted by Crippen LogP contribution is -2.19. The molecule has 4 nitrogen and oxygen atoms in total. The molecule has 1 aromatic carbocycles. The number of nitro benzene ring substituents is 1. The summed E-state index contributed by atoms with van der Waals surface area (Å²) in [6, 6.07) is 4.89. The normalized spacial score (nSPS) is 22.1. The van der Waals surface area contributed by atoms with Gasteiger partial charge < -0.3 is 5.32 Å². The van der Waals surface area contributed by atoms with Crippen molar-refractivity contribution in [2.45, 2.75) is 52.0 Å². The third-order valence-corrected chi connectivity index (χ3v) is 4.43. The van der Waals surface area contributed by atoms with Gasteiger partial charge in [-0.3, -0.25) is 10.1 Å². The highest BCUT2D eigenvalue weighted by Gasteiger charge is 2.24. The van der Waals surface area contributed by atoms with E-state index in [1.807, 2.05) is 0 Å². The average molecular weight is 297 g/mol. The van der Waals surface area contributed by atoms with Crippen molar-refractivity contribution in [3.8, 4) is 0 Å². The maximum atomic E-state index is 10.8. The molecule has 0 aliphatic heterocycles. The summed E-state index contributed by atoms with van der Waals surface area (Å²) in [6.07, 6.45) is 5.73. The Morgan fingerprint density at radius 3 is 2.80 bits per heavy atom. The lowest BCUT2D eigenvalue weighted by atomic mass is 9.85. The smallest absolute Gasteiger partial charge is 0.271 e. The molecule has 5 heteroatoms. The molecule has 1 fully saturated rings. The summed E-state index contributed by atoms with van der Waals surface area (Å²) >= 11 is 6.13. The lowest BCUT2D eigenvalue weighted by Gasteiger charge is -2.22. The van der Waals surface area contributed by atoms with E-state index < -0.39 is 4.92 Å². The van der Waals surface area contributed by atoms with Crippen LogP contribution in [-0.2, 0) is 0 Å². The minimum Gasteiger partial charge on any atom is -0.381 e. The van der Waals surface area contributed by atoms with Crippen LogP contribution in [0.3, 0.4) is 0 Å². The lowest BCUT2D eigenvalue weighted by molar-refractivity contribution is -0.384. The van der Waals surface area contributed by atoms with E-state index >= 15 is 0 Å². The van der Waals surface area contributed by atoms with Crippen molar-refractivity contribution in [1.29, 1.82) is 0 Å². The summed E-state index contributed by atoms with van der Waals surface area (Å²) in [5, 5.41) is 14.8. The highest BCUT2D eigenvalue weighted by molar-refractivity contribution is 6.33. The van der Waals surface area contributed by atoms with Gasteiger partial charge in [-0.15, -0.1) is 0 Å². The number of benzene rings is 1. The number of hydrogen-bond acceptors (Lipinski definition) is 3. The van der Waals surface area contributed by atoms with E-state index in [1.165, 1.54) is 25.0 Å². The van der Waals surface area contributed by atoms with Gasteiger partial charge in [0.2, 0.25) is 0 Å². The fraction of sp³-hybridized carbons (Fsp3) is 0.600. The quantitative estimate of drug-likeness (QED) is 0.484. The zero-order valence-electron chi connectivity index (χ0n) is 12.0. The molecule has 1 N–H and O–H groups in total. The van der Waals surface area contributed by atoms with Crippen LogP contribution in [-0.4, -0.2) is 11.0 Å². The topological polar surface area (TPSA) is 55.2 Å². The summed E-state index contributed by atoms with van der Waals surface area (Å²) in [7, 11) is 0. The van der Waals surface area contributed by atoms with Gasteiger partial charge in [0.15, 0.2) is 0 Å². The predicted octanol–water partition coefficient (Wildman–Crippen LogP) is 5.02. The average Bonchev–Trinajstić information content (AvgIpc) is 2.53. The van der Waals surface area contributed by atoms with E-state index in [2.05, 4.69) is 19.2 Å². The fourth-order valence-electron chi connectivity index (χ4n) is 2.76. The van der Waals surface area contributed by atoms with Gasteiger partial charge in [-0.25, -0.2) is 0 Å². The molecule has 20 heavy (non-hydrogen) atoms. The first-order valence-electron chi connectivity index (χ1n) is 7.08. The Labute approximate surface area is 124 Å². The van der Waals surface area contributed by atoms with Crippen LogP contribution in [0.15, 0.2) is 18.2 Å². The van der Waals surface area contributed by atoms with Crippen LogP contribution in [0.5, 0.6) is 0 Å². The first-order chi connectivity index (χ1) is 9.37.